The summed E-state index contributed by atoms with van der Waals surface area (Å²) in [5.41, 5.74) is 4.65. The van der Waals surface area contributed by atoms with Crippen molar-refractivity contribution in [3.8, 4) is 22.9 Å². The molecule has 0 radical (unpaired) electrons. The van der Waals surface area contributed by atoms with Crippen LogP contribution in [0.4, 0.5) is 4.39 Å². The second kappa shape index (κ2) is 8.78. The van der Waals surface area contributed by atoms with E-state index in [1.807, 2.05) is 42.7 Å². The molecular weight excluding hydrogens is 427 g/mol. The van der Waals surface area contributed by atoms with Gasteiger partial charge in [-0.3, -0.25) is 4.79 Å². The number of nitrogens with one attached hydrogen (secondary N) is 1. The highest BCUT2D eigenvalue weighted by Gasteiger charge is 2.20. The lowest BCUT2D eigenvalue weighted by molar-refractivity contribution is -0.0172. The highest BCUT2D eigenvalue weighted by Crippen LogP contribution is 2.33. The zero-order valence-electron chi connectivity index (χ0n) is 18.6. The Morgan fingerprint density at radius 2 is 1.88 bits per heavy atom. The number of carbonyl (C=O) groups is 1. The standard InChI is InChI=1S/C25H25FN2O5/c1-15-9-21(16(2)28(15)20-3-4-22-23(12-20)32-8-7-31-22)25(29)27-6-5-17-10-19(26)11-18-13-30-14-33-24(17)18/h3-4,9-12H,5-8,13-14H2,1-2H3,(H,27,29). The van der Waals surface area contributed by atoms with E-state index in [1.54, 1.807) is 0 Å². The van der Waals surface area contributed by atoms with Gasteiger partial charge in [0.05, 0.1) is 12.2 Å². The molecule has 0 fully saturated rings. The van der Waals surface area contributed by atoms with E-state index >= 15 is 0 Å². The van der Waals surface area contributed by atoms with Gasteiger partial charge in [-0.2, -0.15) is 0 Å². The fourth-order valence-electron chi connectivity index (χ4n) is 4.41. The monoisotopic (exact) mass is 452 g/mol. The van der Waals surface area contributed by atoms with Crippen LogP contribution in [-0.2, 0) is 17.8 Å². The summed E-state index contributed by atoms with van der Waals surface area (Å²) >= 11 is 0. The normalized spacial score (nSPS) is 14.4. The molecule has 0 saturated heterocycles. The molecule has 5 rings (SSSR count). The van der Waals surface area contributed by atoms with Gasteiger partial charge in [-0.25, -0.2) is 4.39 Å². The molecule has 0 aliphatic carbocycles. The van der Waals surface area contributed by atoms with Crippen LogP contribution in [0, 0.1) is 19.7 Å². The number of hydrogen-bond acceptors (Lipinski definition) is 5. The molecule has 2 aliphatic heterocycles. The van der Waals surface area contributed by atoms with E-state index in [-0.39, 0.29) is 18.5 Å². The second-order valence-electron chi connectivity index (χ2n) is 8.12. The minimum absolute atomic E-state index is 0.143. The van der Waals surface area contributed by atoms with Gasteiger partial charge in [0.2, 0.25) is 0 Å². The Morgan fingerprint density at radius 3 is 2.73 bits per heavy atom. The summed E-state index contributed by atoms with van der Waals surface area (Å²) in [4.78, 5) is 12.9. The topological polar surface area (TPSA) is 71.0 Å². The van der Waals surface area contributed by atoms with Crippen molar-refractivity contribution in [2.75, 3.05) is 26.6 Å². The first-order valence-electron chi connectivity index (χ1n) is 10.9. The van der Waals surface area contributed by atoms with Crippen molar-refractivity contribution in [1.82, 2.24) is 9.88 Å². The van der Waals surface area contributed by atoms with Crippen molar-refractivity contribution in [1.29, 1.82) is 0 Å². The zero-order chi connectivity index (χ0) is 22.9. The van der Waals surface area contributed by atoms with Crippen LogP contribution in [0.3, 0.4) is 0 Å². The summed E-state index contributed by atoms with van der Waals surface area (Å²) in [6.45, 7) is 5.74. The van der Waals surface area contributed by atoms with Crippen LogP contribution >= 0.6 is 0 Å². The molecule has 1 amide bonds. The van der Waals surface area contributed by atoms with Crippen molar-refractivity contribution in [2.24, 2.45) is 0 Å². The van der Waals surface area contributed by atoms with Crippen molar-refractivity contribution in [3.05, 3.63) is 70.3 Å². The van der Waals surface area contributed by atoms with Gasteiger partial charge in [-0.05, 0) is 56.2 Å². The lowest BCUT2D eigenvalue weighted by atomic mass is 10.1. The fourth-order valence-corrected chi connectivity index (χ4v) is 4.41. The van der Waals surface area contributed by atoms with Crippen molar-refractivity contribution >= 4 is 5.91 Å². The number of hydrogen-bond donors (Lipinski definition) is 1. The molecule has 1 N–H and O–H groups in total. The van der Waals surface area contributed by atoms with Crippen LogP contribution in [0.5, 0.6) is 17.2 Å². The van der Waals surface area contributed by atoms with E-state index in [2.05, 4.69) is 5.32 Å². The van der Waals surface area contributed by atoms with Gasteiger partial charge in [0, 0.05) is 35.2 Å². The Labute approximate surface area is 191 Å². The highest BCUT2D eigenvalue weighted by molar-refractivity contribution is 5.96. The number of aryl methyl sites for hydroxylation is 1. The third kappa shape index (κ3) is 4.14. The number of carbonyl (C=O) groups excluding carboxylic acids is 1. The average molecular weight is 452 g/mol. The largest absolute Gasteiger partial charge is 0.486 e. The predicted molar refractivity (Wildman–Crippen MR) is 119 cm³/mol. The average Bonchev–Trinajstić information content (AvgIpc) is 3.12. The van der Waals surface area contributed by atoms with Gasteiger partial charge in [0.15, 0.2) is 18.3 Å². The van der Waals surface area contributed by atoms with Crippen molar-refractivity contribution in [2.45, 2.75) is 26.9 Å². The maximum Gasteiger partial charge on any atom is 0.253 e. The first kappa shape index (κ1) is 21.3. The first-order chi connectivity index (χ1) is 16.0. The fraction of sp³-hybridized carbons (Fsp3) is 0.320. The molecule has 0 unspecified atom stereocenters. The summed E-state index contributed by atoms with van der Waals surface area (Å²) in [5, 5.41) is 2.95. The molecule has 0 atom stereocenters. The number of nitrogens with zero attached hydrogens (tertiary/aromatic N) is 1. The van der Waals surface area contributed by atoms with Crippen LogP contribution in [0.25, 0.3) is 5.69 Å². The number of halogens is 1. The number of amides is 1. The number of aromatic nitrogens is 1. The Bertz CT molecular complexity index is 1220. The van der Waals surface area contributed by atoms with Gasteiger partial charge in [-0.1, -0.05) is 0 Å². The number of ether oxygens (including phenoxy) is 4. The molecule has 0 bridgehead atoms. The Hall–Kier alpha value is -3.52. The molecule has 2 aromatic carbocycles. The number of fused-ring (bicyclic) bond motifs is 2. The highest BCUT2D eigenvalue weighted by atomic mass is 19.1. The Balaban J connectivity index is 1.31. The van der Waals surface area contributed by atoms with E-state index in [0.717, 1.165) is 28.4 Å². The van der Waals surface area contributed by atoms with Crippen molar-refractivity contribution < 1.29 is 28.1 Å². The molecule has 3 aromatic rings. The Morgan fingerprint density at radius 1 is 1.06 bits per heavy atom. The molecule has 8 heteroatoms. The maximum atomic E-state index is 14.0. The molecule has 7 nitrogen and oxygen atoms in total. The zero-order valence-corrected chi connectivity index (χ0v) is 18.6. The molecule has 172 valence electrons. The van der Waals surface area contributed by atoms with E-state index in [1.165, 1.54) is 12.1 Å². The summed E-state index contributed by atoms with van der Waals surface area (Å²) in [6.07, 6.45) is 0.451. The maximum absolute atomic E-state index is 14.0. The predicted octanol–water partition coefficient (Wildman–Crippen LogP) is 3.84. The third-order valence-electron chi connectivity index (χ3n) is 5.89. The summed E-state index contributed by atoms with van der Waals surface area (Å²) in [7, 11) is 0. The summed E-state index contributed by atoms with van der Waals surface area (Å²) < 4.78 is 38.1. The number of rotatable bonds is 5. The van der Waals surface area contributed by atoms with E-state index in [4.69, 9.17) is 18.9 Å². The number of benzene rings is 2. The van der Waals surface area contributed by atoms with Gasteiger partial charge in [-0.15, -0.1) is 0 Å². The molecule has 0 spiro atoms. The third-order valence-corrected chi connectivity index (χ3v) is 5.89. The minimum atomic E-state index is -0.341. The second-order valence-corrected chi connectivity index (χ2v) is 8.12. The molecule has 33 heavy (non-hydrogen) atoms. The van der Waals surface area contributed by atoms with E-state index < -0.39 is 0 Å². The van der Waals surface area contributed by atoms with Crippen LogP contribution in [0.15, 0.2) is 36.4 Å². The molecular formula is C25H25FN2O5. The van der Waals surface area contributed by atoms with E-state index in [9.17, 15) is 9.18 Å². The lowest BCUT2D eigenvalue weighted by Gasteiger charge is -2.21. The summed E-state index contributed by atoms with van der Waals surface area (Å²) in [5.74, 6) is 1.55. The Kier molecular flexibility index (Phi) is 5.68. The molecule has 3 heterocycles. The van der Waals surface area contributed by atoms with Gasteiger partial charge < -0.3 is 28.8 Å². The lowest BCUT2D eigenvalue weighted by Crippen LogP contribution is -2.26. The molecule has 0 saturated carbocycles. The minimum Gasteiger partial charge on any atom is -0.486 e. The van der Waals surface area contributed by atoms with Crippen LogP contribution < -0.4 is 19.5 Å². The van der Waals surface area contributed by atoms with E-state index in [0.29, 0.717) is 55.4 Å². The van der Waals surface area contributed by atoms with Gasteiger partial charge in [0.1, 0.15) is 24.8 Å². The van der Waals surface area contributed by atoms with Gasteiger partial charge in [0.25, 0.3) is 5.91 Å². The smallest absolute Gasteiger partial charge is 0.253 e. The quantitative estimate of drug-likeness (QED) is 0.637. The SMILES string of the molecule is Cc1cc(C(=O)NCCc2cc(F)cc3c2OCOC3)c(C)n1-c1ccc2c(c1)OCCO2. The van der Waals surface area contributed by atoms with Crippen LogP contribution in [0.2, 0.25) is 0 Å². The first-order valence-corrected chi connectivity index (χ1v) is 10.9. The molecule has 1 aromatic heterocycles. The molecule has 2 aliphatic rings. The van der Waals surface area contributed by atoms with Crippen molar-refractivity contribution in [3.63, 3.8) is 0 Å². The van der Waals surface area contributed by atoms with Crippen LogP contribution in [0.1, 0.15) is 32.9 Å². The van der Waals surface area contributed by atoms with Crippen LogP contribution in [-0.4, -0.2) is 37.0 Å². The summed E-state index contributed by atoms with van der Waals surface area (Å²) in [6, 6.07) is 10.5. The van der Waals surface area contributed by atoms with Gasteiger partial charge >= 0.3 is 0 Å².